The Kier molecular flexibility index (Phi) is 4.14. The summed E-state index contributed by atoms with van der Waals surface area (Å²) in [5.41, 5.74) is 3.27. The molecule has 1 aromatic heterocycles. The molecule has 2 amide bonds. The minimum Gasteiger partial charge on any atom is -0.490 e. The number of aryl methyl sites for hydroxylation is 1. The van der Waals surface area contributed by atoms with Crippen molar-refractivity contribution in [1.82, 2.24) is 14.9 Å². The fourth-order valence-electron chi connectivity index (χ4n) is 3.64. The number of aromatic nitrogens is 2. The minimum atomic E-state index is -0.155. The van der Waals surface area contributed by atoms with Crippen LogP contribution in [0.1, 0.15) is 29.6 Å². The van der Waals surface area contributed by atoms with Crippen molar-refractivity contribution in [2.75, 3.05) is 18.4 Å². The molecular weight excluding hydrogens is 332 g/mol. The smallest absolute Gasteiger partial charge is 0.321 e. The normalized spacial score (nSPS) is 18.5. The van der Waals surface area contributed by atoms with E-state index in [1.807, 2.05) is 25.1 Å². The van der Waals surface area contributed by atoms with Crippen molar-refractivity contribution in [2.24, 2.45) is 0 Å². The van der Waals surface area contributed by atoms with Gasteiger partial charge in [-0.05, 0) is 44.0 Å². The average Bonchev–Trinajstić information content (AvgIpc) is 2.81. The maximum atomic E-state index is 12.7. The van der Waals surface area contributed by atoms with Gasteiger partial charge in [-0.25, -0.2) is 9.78 Å². The lowest BCUT2D eigenvalue weighted by molar-refractivity contribution is 0.214. The van der Waals surface area contributed by atoms with Crippen LogP contribution in [-0.4, -0.2) is 40.1 Å². The van der Waals surface area contributed by atoms with Gasteiger partial charge in [-0.15, -0.1) is 0 Å². The van der Waals surface area contributed by atoms with Crippen molar-refractivity contribution < 1.29 is 9.53 Å². The number of anilines is 1. The van der Waals surface area contributed by atoms with Gasteiger partial charge in [0, 0.05) is 37.2 Å². The Morgan fingerprint density at radius 2 is 2.15 bits per heavy atom. The number of hydrogen-bond donors (Lipinski definition) is 2. The van der Waals surface area contributed by atoms with Gasteiger partial charge in [0.1, 0.15) is 17.7 Å². The van der Waals surface area contributed by atoms with E-state index in [1.54, 1.807) is 11.8 Å². The quantitative estimate of drug-likeness (QED) is 0.820. The highest BCUT2D eigenvalue weighted by Crippen LogP contribution is 2.31. The fourth-order valence-corrected chi connectivity index (χ4v) is 3.64. The topological polar surface area (TPSA) is 87.3 Å². The molecule has 2 aliphatic rings. The lowest BCUT2D eigenvalue weighted by atomic mass is 10.1. The van der Waals surface area contributed by atoms with Crippen LogP contribution < -0.4 is 15.6 Å². The summed E-state index contributed by atoms with van der Waals surface area (Å²) in [4.78, 5) is 33.7. The molecule has 136 valence electrons. The van der Waals surface area contributed by atoms with Crippen LogP contribution in [0, 0.1) is 6.92 Å². The van der Waals surface area contributed by atoms with Gasteiger partial charge >= 0.3 is 6.03 Å². The Morgan fingerprint density at radius 1 is 1.35 bits per heavy atom. The largest absolute Gasteiger partial charge is 0.490 e. The second-order valence-corrected chi connectivity index (χ2v) is 6.95. The summed E-state index contributed by atoms with van der Waals surface area (Å²) in [6, 6.07) is 5.58. The number of amides is 2. The third kappa shape index (κ3) is 3.16. The van der Waals surface area contributed by atoms with Gasteiger partial charge in [-0.2, -0.15) is 0 Å². The Hall–Kier alpha value is -2.83. The molecule has 0 saturated carbocycles. The Morgan fingerprint density at radius 3 is 3.00 bits per heavy atom. The molecule has 0 fully saturated rings. The second-order valence-electron chi connectivity index (χ2n) is 6.95. The molecular formula is C19H22N4O3. The van der Waals surface area contributed by atoms with E-state index in [4.69, 9.17) is 4.74 Å². The Balaban J connectivity index is 1.46. The second kappa shape index (κ2) is 6.48. The number of carbonyl (C=O) groups excluding carboxylic acids is 1. The highest BCUT2D eigenvalue weighted by Gasteiger charge is 2.23. The number of hydrogen-bond acceptors (Lipinski definition) is 4. The van der Waals surface area contributed by atoms with Crippen molar-refractivity contribution in [2.45, 2.75) is 39.2 Å². The summed E-state index contributed by atoms with van der Waals surface area (Å²) in [5, 5.41) is 2.96. The summed E-state index contributed by atoms with van der Waals surface area (Å²) in [6.45, 7) is 4.84. The van der Waals surface area contributed by atoms with E-state index >= 15 is 0 Å². The van der Waals surface area contributed by atoms with Gasteiger partial charge in [-0.1, -0.05) is 0 Å². The maximum absolute atomic E-state index is 12.7. The number of fused-ring (bicyclic) bond motifs is 2. The first-order chi connectivity index (χ1) is 12.5. The monoisotopic (exact) mass is 354 g/mol. The predicted octanol–water partition coefficient (Wildman–Crippen LogP) is 2.03. The Labute approximate surface area is 151 Å². The van der Waals surface area contributed by atoms with Gasteiger partial charge < -0.3 is 19.9 Å². The van der Waals surface area contributed by atoms with Crippen LogP contribution in [0.2, 0.25) is 0 Å². The summed E-state index contributed by atoms with van der Waals surface area (Å²) in [6.07, 6.45) is 2.13. The lowest BCUT2D eigenvalue weighted by Gasteiger charge is -2.20. The predicted molar refractivity (Wildman–Crippen MR) is 97.8 cm³/mol. The zero-order valence-electron chi connectivity index (χ0n) is 15.0. The number of urea groups is 1. The number of H-pyrrole nitrogens is 1. The van der Waals surface area contributed by atoms with Crippen molar-refractivity contribution in [3.8, 4) is 5.75 Å². The van der Waals surface area contributed by atoms with E-state index < -0.39 is 0 Å². The van der Waals surface area contributed by atoms with Crippen LogP contribution >= 0.6 is 0 Å². The Bertz CT molecular complexity index is 921. The molecule has 7 nitrogen and oxygen atoms in total. The summed E-state index contributed by atoms with van der Waals surface area (Å²) in [7, 11) is 0. The van der Waals surface area contributed by atoms with Gasteiger partial charge in [-0.3, -0.25) is 4.79 Å². The fraction of sp³-hybridized carbons (Fsp3) is 0.421. The number of nitrogens with one attached hydrogen (secondary N) is 2. The zero-order chi connectivity index (χ0) is 18.3. The lowest BCUT2D eigenvalue weighted by Crippen LogP contribution is -2.37. The third-order valence-electron chi connectivity index (χ3n) is 4.90. The molecule has 0 spiro atoms. The van der Waals surface area contributed by atoms with E-state index in [2.05, 4.69) is 15.3 Å². The van der Waals surface area contributed by atoms with E-state index in [0.29, 0.717) is 37.3 Å². The van der Waals surface area contributed by atoms with Crippen LogP contribution in [0.25, 0.3) is 0 Å². The molecule has 1 atom stereocenters. The molecule has 2 aromatic rings. The molecule has 0 radical (unpaired) electrons. The first kappa shape index (κ1) is 16.6. The van der Waals surface area contributed by atoms with Gasteiger partial charge in [0.25, 0.3) is 5.56 Å². The SMILES string of the molecule is Cc1nc2c(c(=O)[nH]1)CCN(C(=O)Nc1ccc3c(c1)C[C@H](C)O3)CC2. The molecule has 1 aromatic carbocycles. The van der Waals surface area contributed by atoms with Gasteiger partial charge in [0.05, 0.1) is 5.69 Å². The number of aromatic amines is 1. The maximum Gasteiger partial charge on any atom is 0.321 e. The highest BCUT2D eigenvalue weighted by molar-refractivity contribution is 5.89. The molecule has 7 heteroatoms. The molecule has 0 bridgehead atoms. The molecule has 26 heavy (non-hydrogen) atoms. The summed E-state index contributed by atoms with van der Waals surface area (Å²) in [5.74, 6) is 1.50. The summed E-state index contributed by atoms with van der Waals surface area (Å²) >= 11 is 0. The van der Waals surface area contributed by atoms with Crippen LogP contribution in [0.3, 0.4) is 0 Å². The number of rotatable bonds is 1. The molecule has 2 N–H and O–H groups in total. The first-order valence-electron chi connectivity index (χ1n) is 8.94. The molecule has 0 aliphatic carbocycles. The molecule has 0 unspecified atom stereocenters. The van der Waals surface area contributed by atoms with E-state index in [-0.39, 0.29) is 17.7 Å². The molecule has 0 saturated heterocycles. The highest BCUT2D eigenvalue weighted by atomic mass is 16.5. The number of nitrogens with zero attached hydrogens (tertiary/aromatic N) is 2. The molecule has 4 rings (SSSR count). The van der Waals surface area contributed by atoms with Crippen molar-refractivity contribution >= 4 is 11.7 Å². The van der Waals surface area contributed by atoms with Gasteiger partial charge in [0.15, 0.2) is 0 Å². The number of carbonyl (C=O) groups is 1. The van der Waals surface area contributed by atoms with Gasteiger partial charge in [0.2, 0.25) is 0 Å². The van der Waals surface area contributed by atoms with Crippen LogP contribution in [0.4, 0.5) is 10.5 Å². The van der Waals surface area contributed by atoms with E-state index in [9.17, 15) is 9.59 Å². The van der Waals surface area contributed by atoms with E-state index in [0.717, 1.165) is 29.1 Å². The van der Waals surface area contributed by atoms with Crippen molar-refractivity contribution in [3.63, 3.8) is 0 Å². The van der Waals surface area contributed by atoms with Crippen LogP contribution in [-0.2, 0) is 19.3 Å². The van der Waals surface area contributed by atoms with Crippen LogP contribution in [0.15, 0.2) is 23.0 Å². The number of ether oxygens (including phenoxy) is 1. The molecule has 2 aliphatic heterocycles. The molecule has 3 heterocycles. The number of benzene rings is 1. The van der Waals surface area contributed by atoms with E-state index in [1.165, 1.54) is 0 Å². The standard InChI is InChI=1S/C19H22N4O3/c1-11-9-13-10-14(3-4-17(13)26-11)22-19(25)23-7-5-15-16(6-8-23)20-12(2)21-18(15)24/h3-4,10-11H,5-9H2,1-2H3,(H,22,25)(H,20,21,24)/t11-/m0/s1. The van der Waals surface area contributed by atoms with Crippen LogP contribution in [0.5, 0.6) is 5.75 Å². The van der Waals surface area contributed by atoms with Crippen molar-refractivity contribution in [1.29, 1.82) is 0 Å². The minimum absolute atomic E-state index is 0.0949. The zero-order valence-corrected chi connectivity index (χ0v) is 15.0. The first-order valence-corrected chi connectivity index (χ1v) is 8.94. The average molecular weight is 354 g/mol. The summed E-state index contributed by atoms with van der Waals surface area (Å²) < 4.78 is 5.69. The van der Waals surface area contributed by atoms with Crippen molar-refractivity contribution in [3.05, 3.63) is 51.2 Å². The third-order valence-corrected chi connectivity index (χ3v) is 4.90.